The summed E-state index contributed by atoms with van der Waals surface area (Å²) in [5.41, 5.74) is 3.73. The lowest BCUT2D eigenvalue weighted by Crippen LogP contribution is -2.30. The zero-order valence-electron chi connectivity index (χ0n) is 13.1. The Kier molecular flexibility index (Phi) is 7.59. The van der Waals surface area contributed by atoms with E-state index in [-0.39, 0.29) is 6.61 Å². The van der Waals surface area contributed by atoms with Gasteiger partial charge in [-0.2, -0.15) is 0 Å². The van der Waals surface area contributed by atoms with Gasteiger partial charge in [0.1, 0.15) is 0 Å². The summed E-state index contributed by atoms with van der Waals surface area (Å²) in [6.07, 6.45) is 0. The number of nitrogens with one attached hydrogen (secondary N) is 1. The molecule has 1 aromatic rings. The van der Waals surface area contributed by atoms with Crippen LogP contribution in [-0.2, 0) is 11.3 Å². The fourth-order valence-electron chi connectivity index (χ4n) is 2.08. The summed E-state index contributed by atoms with van der Waals surface area (Å²) in [5.74, 6) is 0. The van der Waals surface area contributed by atoms with Crippen molar-refractivity contribution >= 4 is 5.69 Å². The van der Waals surface area contributed by atoms with Crippen molar-refractivity contribution in [1.29, 1.82) is 0 Å². The van der Waals surface area contributed by atoms with Crippen molar-refractivity contribution in [3.63, 3.8) is 0 Å². The molecular formula is C16H28N2O2. The number of nitrogens with zero attached hydrogens (tertiary/aromatic N) is 1. The van der Waals surface area contributed by atoms with Gasteiger partial charge >= 0.3 is 0 Å². The number of anilines is 1. The van der Waals surface area contributed by atoms with E-state index in [2.05, 4.69) is 49.2 Å². The first kappa shape index (κ1) is 17.0. The minimum atomic E-state index is 0.152. The van der Waals surface area contributed by atoms with Gasteiger partial charge < -0.3 is 20.1 Å². The van der Waals surface area contributed by atoms with E-state index >= 15 is 0 Å². The molecule has 0 saturated heterocycles. The molecule has 114 valence electrons. The van der Waals surface area contributed by atoms with Crippen molar-refractivity contribution in [3.05, 3.63) is 29.3 Å². The van der Waals surface area contributed by atoms with Crippen molar-refractivity contribution in [2.45, 2.75) is 33.4 Å². The molecule has 1 rings (SSSR count). The third-order valence-corrected chi connectivity index (χ3v) is 3.33. The molecule has 0 saturated carbocycles. The number of aliphatic hydroxyl groups is 1. The molecule has 0 aliphatic carbocycles. The van der Waals surface area contributed by atoms with Gasteiger partial charge in [-0.05, 0) is 30.2 Å². The summed E-state index contributed by atoms with van der Waals surface area (Å²) in [6.45, 7) is 9.56. The fraction of sp³-hybridized carbons (Fsp3) is 0.625. The molecule has 0 atom stereocenters. The van der Waals surface area contributed by atoms with Gasteiger partial charge in [0.05, 0.1) is 13.2 Å². The van der Waals surface area contributed by atoms with Crippen LogP contribution in [0.3, 0.4) is 0 Å². The molecule has 1 aromatic carbocycles. The zero-order valence-corrected chi connectivity index (χ0v) is 13.1. The number of rotatable bonds is 9. The molecular weight excluding hydrogens is 252 g/mol. The lowest BCUT2D eigenvalue weighted by Gasteiger charge is -2.24. The SMILES string of the molecule is COCCN(CCO)c1ccc(CNC(C)C)c(C)c1. The molecule has 0 fully saturated rings. The summed E-state index contributed by atoms with van der Waals surface area (Å²) < 4.78 is 5.13. The largest absolute Gasteiger partial charge is 0.395 e. The van der Waals surface area contributed by atoms with E-state index in [1.54, 1.807) is 7.11 Å². The van der Waals surface area contributed by atoms with Crippen LogP contribution in [0.4, 0.5) is 5.69 Å². The van der Waals surface area contributed by atoms with E-state index in [0.717, 1.165) is 18.8 Å². The fourth-order valence-corrected chi connectivity index (χ4v) is 2.08. The Morgan fingerprint density at radius 2 is 2.05 bits per heavy atom. The van der Waals surface area contributed by atoms with Crippen LogP contribution >= 0.6 is 0 Å². The summed E-state index contributed by atoms with van der Waals surface area (Å²) >= 11 is 0. The molecule has 0 bridgehead atoms. The van der Waals surface area contributed by atoms with E-state index in [9.17, 15) is 5.11 Å². The lowest BCUT2D eigenvalue weighted by atomic mass is 10.1. The molecule has 0 aromatic heterocycles. The Labute approximate surface area is 122 Å². The maximum atomic E-state index is 9.17. The number of aryl methyl sites for hydroxylation is 1. The van der Waals surface area contributed by atoms with Gasteiger partial charge in [0.2, 0.25) is 0 Å². The Morgan fingerprint density at radius 3 is 2.60 bits per heavy atom. The van der Waals surface area contributed by atoms with Crippen molar-refractivity contribution in [1.82, 2.24) is 5.32 Å². The van der Waals surface area contributed by atoms with Gasteiger partial charge in [0, 0.05) is 38.5 Å². The van der Waals surface area contributed by atoms with Gasteiger partial charge in [0.15, 0.2) is 0 Å². The topological polar surface area (TPSA) is 44.7 Å². The second kappa shape index (κ2) is 8.95. The predicted octanol–water partition coefficient (Wildman–Crippen LogP) is 1.94. The Balaban J connectivity index is 2.76. The van der Waals surface area contributed by atoms with Crippen LogP contribution in [0.2, 0.25) is 0 Å². The molecule has 2 N–H and O–H groups in total. The molecule has 0 spiro atoms. The number of hydrogen-bond donors (Lipinski definition) is 2. The maximum Gasteiger partial charge on any atom is 0.0637 e. The second-order valence-corrected chi connectivity index (χ2v) is 5.35. The number of hydrogen-bond acceptors (Lipinski definition) is 4. The van der Waals surface area contributed by atoms with Crippen molar-refractivity contribution < 1.29 is 9.84 Å². The molecule has 0 aliphatic rings. The van der Waals surface area contributed by atoms with Crippen LogP contribution in [0, 0.1) is 6.92 Å². The minimum absolute atomic E-state index is 0.152. The zero-order chi connectivity index (χ0) is 15.0. The molecule has 0 unspecified atom stereocenters. The van der Waals surface area contributed by atoms with E-state index in [0.29, 0.717) is 19.2 Å². The number of benzene rings is 1. The normalized spacial score (nSPS) is 11.1. The Hall–Kier alpha value is -1.10. The van der Waals surface area contributed by atoms with Crippen LogP contribution in [0.15, 0.2) is 18.2 Å². The monoisotopic (exact) mass is 280 g/mol. The molecule has 0 aliphatic heterocycles. The highest BCUT2D eigenvalue weighted by molar-refractivity contribution is 5.51. The van der Waals surface area contributed by atoms with Gasteiger partial charge in [-0.3, -0.25) is 0 Å². The van der Waals surface area contributed by atoms with Crippen LogP contribution < -0.4 is 10.2 Å². The van der Waals surface area contributed by atoms with Crippen LogP contribution in [0.1, 0.15) is 25.0 Å². The van der Waals surface area contributed by atoms with Gasteiger partial charge in [-0.1, -0.05) is 19.9 Å². The first-order valence-corrected chi connectivity index (χ1v) is 7.26. The number of methoxy groups -OCH3 is 1. The van der Waals surface area contributed by atoms with E-state index in [1.807, 2.05) is 0 Å². The highest BCUT2D eigenvalue weighted by Gasteiger charge is 2.08. The van der Waals surface area contributed by atoms with Gasteiger partial charge in [-0.25, -0.2) is 0 Å². The van der Waals surface area contributed by atoms with E-state index in [4.69, 9.17) is 4.74 Å². The summed E-state index contributed by atoms with van der Waals surface area (Å²) in [5, 5.41) is 12.6. The first-order valence-electron chi connectivity index (χ1n) is 7.26. The van der Waals surface area contributed by atoms with Gasteiger partial charge in [0.25, 0.3) is 0 Å². The molecule has 4 nitrogen and oxygen atoms in total. The average Bonchev–Trinajstić information content (AvgIpc) is 2.42. The third kappa shape index (κ3) is 5.49. The first-order chi connectivity index (χ1) is 9.58. The van der Waals surface area contributed by atoms with Crippen LogP contribution in [-0.4, -0.2) is 44.6 Å². The van der Waals surface area contributed by atoms with E-state index in [1.165, 1.54) is 11.1 Å². The molecule has 4 heteroatoms. The van der Waals surface area contributed by atoms with E-state index < -0.39 is 0 Å². The van der Waals surface area contributed by atoms with Crippen molar-refractivity contribution in [2.75, 3.05) is 38.3 Å². The summed E-state index contributed by atoms with van der Waals surface area (Å²) in [4.78, 5) is 2.15. The Bertz CT molecular complexity index is 394. The summed E-state index contributed by atoms with van der Waals surface area (Å²) in [7, 11) is 1.70. The standard InChI is InChI=1S/C16H28N2O2/c1-13(2)17-12-15-5-6-16(11-14(15)3)18(7-9-19)8-10-20-4/h5-6,11,13,17,19H,7-10,12H2,1-4H3. The average molecular weight is 280 g/mol. The molecule has 0 radical (unpaired) electrons. The highest BCUT2D eigenvalue weighted by Crippen LogP contribution is 2.19. The lowest BCUT2D eigenvalue weighted by molar-refractivity contribution is 0.203. The number of aliphatic hydroxyl groups excluding tert-OH is 1. The second-order valence-electron chi connectivity index (χ2n) is 5.35. The minimum Gasteiger partial charge on any atom is -0.395 e. The Morgan fingerprint density at radius 1 is 1.30 bits per heavy atom. The van der Waals surface area contributed by atoms with Crippen LogP contribution in [0.25, 0.3) is 0 Å². The maximum absolute atomic E-state index is 9.17. The quantitative estimate of drug-likeness (QED) is 0.725. The van der Waals surface area contributed by atoms with Crippen LogP contribution in [0.5, 0.6) is 0 Å². The summed E-state index contributed by atoms with van der Waals surface area (Å²) in [6, 6.07) is 6.96. The molecule has 0 heterocycles. The smallest absolute Gasteiger partial charge is 0.0637 e. The highest BCUT2D eigenvalue weighted by atomic mass is 16.5. The molecule has 20 heavy (non-hydrogen) atoms. The predicted molar refractivity (Wildman–Crippen MR) is 84.3 cm³/mol. The van der Waals surface area contributed by atoms with Crippen molar-refractivity contribution in [2.24, 2.45) is 0 Å². The van der Waals surface area contributed by atoms with Gasteiger partial charge in [-0.15, -0.1) is 0 Å². The third-order valence-electron chi connectivity index (χ3n) is 3.33. The molecule has 0 amide bonds. The number of ether oxygens (including phenoxy) is 1. The van der Waals surface area contributed by atoms with Crippen molar-refractivity contribution in [3.8, 4) is 0 Å².